The standard InChI is InChI=1S/C30H46O3/c1-19(9-8-10-20(2)26(32)33)21-13-17-30(7)23-11-12-24-27(3,4)25(31)15-16-28(24,5)22(23)14-18-29(21,30)6/h10,19,21,24H,8-9,11-18H2,1-7H3,(H,32,33)/b20-10+. The van der Waals surface area contributed by atoms with E-state index in [1.165, 1.54) is 38.5 Å². The van der Waals surface area contributed by atoms with Crippen LogP contribution in [0.2, 0.25) is 0 Å². The lowest BCUT2D eigenvalue weighted by atomic mass is 9.43. The van der Waals surface area contributed by atoms with Crippen molar-refractivity contribution in [2.45, 2.75) is 113 Å². The summed E-state index contributed by atoms with van der Waals surface area (Å²) in [5.74, 6) is 1.47. The molecule has 2 fully saturated rings. The highest BCUT2D eigenvalue weighted by Crippen LogP contribution is 2.72. The van der Waals surface area contributed by atoms with E-state index < -0.39 is 5.97 Å². The number of carbonyl (C=O) groups is 2. The second-order valence-electron chi connectivity index (χ2n) is 13.3. The lowest BCUT2D eigenvalue weighted by Crippen LogP contribution is -2.53. The zero-order valence-electron chi connectivity index (χ0n) is 22.1. The normalized spacial score (nSPS) is 41.3. The molecule has 0 saturated heterocycles. The van der Waals surface area contributed by atoms with Gasteiger partial charge in [0.1, 0.15) is 5.78 Å². The maximum atomic E-state index is 12.8. The van der Waals surface area contributed by atoms with E-state index in [2.05, 4.69) is 41.5 Å². The van der Waals surface area contributed by atoms with E-state index in [0.29, 0.717) is 34.5 Å². The summed E-state index contributed by atoms with van der Waals surface area (Å²) in [5, 5.41) is 9.16. The van der Waals surface area contributed by atoms with Crippen LogP contribution in [0.25, 0.3) is 0 Å². The molecule has 33 heavy (non-hydrogen) atoms. The molecular weight excluding hydrogens is 408 g/mol. The van der Waals surface area contributed by atoms with Crippen molar-refractivity contribution in [1.29, 1.82) is 0 Å². The van der Waals surface area contributed by atoms with Gasteiger partial charge in [0.05, 0.1) is 0 Å². The molecule has 0 aromatic rings. The van der Waals surface area contributed by atoms with Crippen LogP contribution in [0.1, 0.15) is 113 Å². The van der Waals surface area contributed by atoms with Crippen LogP contribution in [0.15, 0.2) is 22.8 Å². The second-order valence-corrected chi connectivity index (χ2v) is 13.3. The van der Waals surface area contributed by atoms with Gasteiger partial charge in [0, 0.05) is 17.4 Å². The summed E-state index contributed by atoms with van der Waals surface area (Å²) in [6.45, 7) is 16.2. The first kappa shape index (κ1) is 24.7. The lowest BCUT2D eigenvalue weighted by Gasteiger charge is -2.61. The van der Waals surface area contributed by atoms with E-state index >= 15 is 0 Å². The van der Waals surface area contributed by atoms with Crippen molar-refractivity contribution in [1.82, 2.24) is 0 Å². The Morgan fingerprint density at radius 2 is 1.73 bits per heavy atom. The summed E-state index contributed by atoms with van der Waals surface area (Å²) in [6, 6.07) is 0. The SMILES string of the molecule is C/C(=C\CCC(C)C1CCC2(C)C3=C(CCC12C)C1(C)CCC(=O)C(C)(C)C1CC3)C(=O)O. The second kappa shape index (κ2) is 8.09. The van der Waals surface area contributed by atoms with Crippen molar-refractivity contribution in [3.8, 4) is 0 Å². The molecule has 0 aromatic heterocycles. The summed E-state index contributed by atoms with van der Waals surface area (Å²) in [4.78, 5) is 23.9. The first-order chi connectivity index (χ1) is 15.3. The highest BCUT2D eigenvalue weighted by Gasteiger charge is 2.63. The molecule has 184 valence electrons. The van der Waals surface area contributed by atoms with Gasteiger partial charge in [-0.25, -0.2) is 4.79 Å². The molecule has 2 saturated carbocycles. The average molecular weight is 455 g/mol. The van der Waals surface area contributed by atoms with Gasteiger partial charge < -0.3 is 5.11 Å². The monoisotopic (exact) mass is 454 g/mol. The Balaban J connectivity index is 1.61. The number of carbonyl (C=O) groups excluding carboxylic acids is 1. The Morgan fingerprint density at radius 1 is 1.03 bits per heavy atom. The first-order valence-corrected chi connectivity index (χ1v) is 13.5. The van der Waals surface area contributed by atoms with Crippen molar-refractivity contribution < 1.29 is 14.7 Å². The molecule has 0 radical (unpaired) electrons. The Labute approximate surface area is 201 Å². The molecule has 4 aliphatic rings. The minimum atomic E-state index is -0.800. The molecule has 6 unspecified atom stereocenters. The van der Waals surface area contributed by atoms with Gasteiger partial charge in [-0.3, -0.25) is 4.79 Å². The van der Waals surface area contributed by atoms with Gasteiger partial charge in [-0.05, 0) is 98.7 Å². The van der Waals surface area contributed by atoms with Crippen molar-refractivity contribution in [3.63, 3.8) is 0 Å². The van der Waals surface area contributed by atoms with Crippen LogP contribution >= 0.6 is 0 Å². The van der Waals surface area contributed by atoms with E-state index in [9.17, 15) is 9.59 Å². The largest absolute Gasteiger partial charge is 0.478 e. The Bertz CT molecular complexity index is 908. The molecule has 0 aromatic carbocycles. The van der Waals surface area contributed by atoms with Gasteiger partial charge >= 0.3 is 5.97 Å². The van der Waals surface area contributed by atoms with Gasteiger partial charge in [0.25, 0.3) is 0 Å². The molecule has 0 heterocycles. The quantitative estimate of drug-likeness (QED) is 0.341. The number of ketones is 1. The van der Waals surface area contributed by atoms with E-state index in [1.807, 2.05) is 6.08 Å². The number of rotatable bonds is 5. The predicted octanol–water partition coefficient (Wildman–Crippen LogP) is 7.75. The number of fused-ring (bicyclic) bond motifs is 4. The number of carboxylic acids is 1. The van der Waals surface area contributed by atoms with Crippen molar-refractivity contribution in [3.05, 3.63) is 22.8 Å². The fraction of sp³-hybridized carbons (Fsp3) is 0.800. The summed E-state index contributed by atoms with van der Waals surface area (Å²) < 4.78 is 0. The molecule has 3 nitrogen and oxygen atoms in total. The lowest BCUT2D eigenvalue weighted by molar-refractivity contribution is -0.139. The summed E-state index contributed by atoms with van der Waals surface area (Å²) in [5.41, 5.74) is 4.58. The molecular formula is C30H46O3. The molecule has 6 atom stereocenters. The van der Waals surface area contributed by atoms with Crippen LogP contribution in [-0.2, 0) is 9.59 Å². The Morgan fingerprint density at radius 3 is 2.39 bits per heavy atom. The smallest absolute Gasteiger partial charge is 0.330 e. The van der Waals surface area contributed by atoms with E-state index in [4.69, 9.17) is 5.11 Å². The van der Waals surface area contributed by atoms with E-state index in [-0.39, 0.29) is 16.2 Å². The molecule has 4 rings (SSSR count). The molecule has 3 heteroatoms. The zero-order valence-corrected chi connectivity index (χ0v) is 22.1. The molecule has 0 bridgehead atoms. The van der Waals surface area contributed by atoms with Gasteiger partial charge in [-0.1, -0.05) is 58.8 Å². The summed E-state index contributed by atoms with van der Waals surface area (Å²) in [7, 11) is 0. The van der Waals surface area contributed by atoms with Crippen LogP contribution < -0.4 is 0 Å². The van der Waals surface area contributed by atoms with Crippen LogP contribution in [0.4, 0.5) is 0 Å². The number of allylic oxidation sites excluding steroid dienone is 3. The average Bonchev–Trinajstić information content (AvgIpc) is 3.02. The van der Waals surface area contributed by atoms with Crippen LogP contribution in [0, 0.1) is 39.4 Å². The van der Waals surface area contributed by atoms with E-state index in [0.717, 1.165) is 25.7 Å². The number of hydrogen-bond donors (Lipinski definition) is 1. The van der Waals surface area contributed by atoms with Gasteiger partial charge in [0.15, 0.2) is 0 Å². The number of aliphatic carboxylic acids is 1. The molecule has 0 spiro atoms. The van der Waals surface area contributed by atoms with Crippen LogP contribution in [0.5, 0.6) is 0 Å². The van der Waals surface area contributed by atoms with Gasteiger partial charge in [0.2, 0.25) is 0 Å². The number of Topliss-reactive ketones (excluding diaryl/α,β-unsaturated/α-hetero) is 1. The maximum absolute atomic E-state index is 12.8. The maximum Gasteiger partial charge on any atom is 0.330 e. The van der Waals surface area contributed by atoms with Crippen LogP contribution in [-0.4, -0.2) is 16.9 Å². The van der Waals surface area contributed by atoms with Crippen molar-refractivity contribution in [2.24, 2.45) is 39.4 Å². The van der Waals surface area contributed by atoms with Crippen molar-refractivity contribution in [2.75, 3.05) is 0 Å². The van der Waals surface area contributed by atoms with Gasteiger partial charge in [-0.15, -0.1) is 0 Å². The zero-order chi connectivity index (χ0) is 24.4. The summed E-state index contributed by atoms with van der Waals surface area (Å²) >= 11 is 0. The highest BCUT2D eigenvalue weighted by atomic mass is 16.4. The third-order valence-corrected chi connectivity index (χ3v) is 11.7. The third kappa shape index (κ3) is 3.50. The topological polar surface area (TPSA) is 54.4 Å². The minimum absolute atomic E-state index is 0.193. The minimum Gasteiger partial charge on any atom is -0.478 e. The van der Waals surface area contributed by atoms with E-state index in [1.54, 1.807) is 18.1 Å². The molecule has 4 aliphatic carbocycles. The molecule has 1 N–H and O–H groups in total. The number of hydrogen-bond acceptors (Lipinski definition) is 2. The van der Waals surface area contributed by atoms with Gasteiger partial charge in [-0.2, -0.15) is 0 Å². The molecule has 0 aliphatic heterocycles. The highest BCUT2D eigenvalue weighted by molar-refractivity contribution is 5.86. The third-order valence-electron chi connectivity index (χ3n) is 11.7. The first-order valence-electron chi connectivity index (χ1n) is 13.5. The Hall–Kier alpha value is -1.38. The van der Waals surface area contributed by atoms with Crippen LogP contribution in [0.3, 0.4) is 0 Å². The number of carboxylic acid groups (broad SMARTS) is 1. The Kier molecular flexibility index (Phi) is 6.07. The fourth-order valence-electron chi connectivity index (χ4n) is 9.29. The molecule has 0 amide bonds. The fourth-order valence-corrected chi connectivity index (χ4v) is 9.29. The van der Waals surface area contributed by atoms with Crippen molar-refractivity contribution >= 4 is 11.8 Å². The summed E-state index contributed by atoms with van der Waals surface area (Å²) in [6.07, 6.45) is 13.0. The predicted molar refractivity (Wildman–Crippen MR) is 134 cm³/mol.